The van der Waals surface area contributed by atoms with Crippen molar-refractivity contribution in [1.29, 1.82) is 0 Å². The van der Waals surface area contributed by atoms with Gasteiger partial charge in [-0.3, -0.25) is 9.59 Å². The van der Waals surface area contributed by atoms with Crippen molar-refractivity contribution in [2.45, 2.75) is 50.6 Å². The smallest absolute Gasteiger partial charge is 0.284 e. The number of carbonyl (C=O) groups excluding carboxylic acids is 2. The Balaban J connectivity index is 1.28. The molecule has 2 aromatic carbocycles. The molecule has 5 rings (SSSR count). The monoisotopic (exact) mass is 611 g/mol. The number of primary amides is 1. The molecular weight excluding hydrogens is 577 g/mol. The summed E-state index contributed by atoms with van der Waals surface area (Å²) in [5.74, 6) is 0.768. The first-order valence-electron chi connectivity index (χ1n) is 14.1. The summed E-state index contributed by atoms with van der Waals surface area (Å²) in [5, 5.41) is 0.861. The molecule has 1 aliphatic heterocycles. The number of furan rings is 1. The van der Waals surface area contributed by atoms with Crippen molar-refractivity contribution in [2.75, 3.05) is 26.8 Å². The Hall–Kier alpha value is -3.37. The van der Waals surface area contributed by atoms with Crippen LogP contribution in [0.15, 0.2) is 52.9 Å². The number of hydrogen-bond donors (Lipinski definition) is 2. The highest BCUT2D eigenvalue weighted by atomic mass is 35.5. The number of amides is 2. The molecule has 42 heavy (non-hydrogen) atoms. The molecular formula is C31H35Cl2N5O4. The second-order valence-electron chi connectivity index (χ2n) is 10.8. The summed E-state index contributed by atoms with van der Waals surface area (Å²) >= 11 is 12.4. The number of ether oxygens (including phenoxy) is 1. The predicted octanol–water partition coefficient (Wildman–Crippen LogP) is 5.40. The summed E-state index contributed by atoms with van der Waals surface area (Å²) in [6.07, 6.45) is 3.08. The molecule has 4 aromatic rings. The third kappa shape index (κ3) is 6.65. The topological polar surface area (TPSA) is 130 Å². The number of piperidine rings is 1. The fourth-order valence-corrected chi connectivity index (χ4v) is 6.24. The minimum absolute atomic E-state index is 0.00401. The number of aryl methyl sites for hydroxylation is 1. The van der Waals surface area contributed by atoms with Gasteiger partial charge in [0.2, 0.25) is 5.91 Å². The molecule has 1 fully saturated rings. The minimum Gasteiger partial charge on any atom is -0.451 e. The number of rotatable bonds is 11. The Bertz CT molecular complexity index is 1580. The van der Waals surface area contributed by atoms with Crippen molar-refractivity contribution in [2.24, 2.45) is 11.5 Å². The van der Waals surface area contributed by atoms with Gasteiger partial charge in [0, 0.05) is 67.9 Å². The van der Waals surface area contributed by atoms with E-state index < -0.39 is 11.9 Å². The number of likely N-dealkylation sites (tertiary alicyclic amines) is 1. The lowest BCUT2D eigenvalue weighted by Gasteiger charge is -2.33. The highest BCUT2D eigenvalue weighted by Gasteiger charge is 2.30. The highest BCUT2D eigenvalue weighted by molar-refractivity contribution is 6.36. The quantitative estimate of drug-likeness (QED) is 0.218. The number of halogens is 2. The van der Waals surface area contributed by atoms with Crippen molar-refractivity contribution in [3.8, 4) is 11.3 Å². The van der Waals surface area contributed by atoms with Crippen LogP contribution in [0.1, 0.15) is 53.5 Å². The van der Waals surface area contributed by atoms with Crippen LogP contribution in [-0.4, -0.2) is 59.1 Å². The fourth-order valence-electron chi connectivity index (χ4n) is 5.74. The molecule has 0 radical (unpaired) electrons. The maximum Gasteiger partial charge on any atom is 0.284 e. The first kappa shape index (κ1) is 30.1. The molecule has 0 spiro atoms. The SMILES string of the molecule is COCCCn1c([C@@H]2CCCN(C(=O)C[C@@H](N)Cc3cc(-c4ccc(Cl)cc4Cl)oc3C(N)=O)C2)nc2ccccc21. The van der Waals surface area contributed by atoms with Crippen molar-refractivity contribution in [1.82, 2.24) is 14.5 Å². The van der Waals surface area contributed by atoms with Gasteiger partial charge in [-0.05, 0) is 62.1 Å². The van der Waals surface area contributed by atoms with E-state index in [-0.39, 0.29) is 30.4 Å². The lowest BCUT2D eigenvalue weighted by atomic mass is 9.96. The van der Waals surface area contributed by atoms with Gasteiger partial charge in [0.15, 0.2) is 5.76 Å². The fraction of sp³-hybridized carbons (Fsp3) is 0.387. The van der Waals surface area contributed by atoms with Gasteiger partial charge in [-0.25, -0.2) is 4.98 Å². The standard InChI is InChI=1S/C31H35Cl2N5O4/c1-41-13-5-12-38-26-8-3-2-7-25(26)36-31(38)19-6-4-11-37(18-19)28(39)17-22(34)14-20-15-27(42-29(20)30(35)40)23-10-9-21(32)16-24(23)33/h2-3,7-10,15-16,19,22H,4-6,11-14,17-18,34H2,1H3,(H2,35,40)/t19-,22+/m1/s1. The van der Waals surface area contributed by atoms with Crippen LogP contribution >= 0.6 is 23.2 Å². The van der Waals surface area contributed by atoms with Crippen LogP contribution in [0.2, 0.25) is 10.0 Å². The molecule has 2 amide bonds. The summed E-state index contributed by atoms with van der Waals surface area (Å²) in [4.78, 5) is 32.4. The van der Waals surface area contributed by atoms with Crippen LogP contribution in [0.3, 0.4) is 0 Å². The summed E-state index contributed by atoms with van der Waals surface area (Å²) in [7, 11) is 1.71. The van der Waals surface area contributed by atoms with E-state index in [1.54, 1.807) is 31.4 Å². The molecule has 222 valence electrons. The Morgan fingerprint density at radius 1 is 1.19 bits per heavy atom. The average molecular weight is 613 g/mol. The van der Waals surface area contributed by atoms with Gasteiger partial charge in [0.05, 0.1) is 16.1 Å². The molecule has 0 bridgehead atoms. The van der Waals surface area contributed by atoms with E-state index in [4.69, 9.17) is 48.8 Å². The van der Waals surface area contributed by atoms with Gasteiger partial charge in [0.1, 0.15) is 11.6 Å². The van der Waals surface area contributed by atoms with E-state index in [2.05, 4.69) is 10.6 Å². The molecule has 1 saturated heterocycles. The van der Waals surface area contributed by atoms with E-state index in [1.165, 1.54) is 0 Å². The summed E-state index contributed by atoms with van der Waals surface area (Å²) < 4.78 is 13.3. The van der Waals surface area contributed by atoms with Crippen LogP contribution in [0.25, 0.3) is 22.4 Å². The molecule has 1 aliphatic rings. The van der Waals surface area contributed by atoms with Crippen LogP contribution in [-0.2, 0) is 22.5 Å². The third-order valence-electron chi connectivity index (χ3n) is 7.70. The number of carbonyl (C=O) groups is 2. The van der Waals surface area contributed by atoms with E-state index in [1.807, 2.05) is 23.1 Å². The van der Waals surface area contributed by atoms with Crippen molar-refractivity contribution in [3.63, 3.8) is 0 Å². The summed E-state index contributed by atoms with van der Waals surface area (Å²) in [6, 6.07) is 14.3. The molecule has 0 unspecified atom stereocenters. The Labute approximate surface area is 254 Å². The largest absolute Gasteiger partial charge is 0.451 e. The number of para-hydroxylation sites is 2. The average Bonchev–Trinajstić information content (AvgIpc) is 3.55. The zero-order chi connectivity index (χ0) is 29.8. The number of aromatic nitrogens is 2. The number of imidazole rings is 1. The van der Waals surface area contributed by atoms with E-state index in [9.17, 15) is 9.59 Å². The predicted molar refractivity (Wildman–Crippen MR) is 164 cm³/mol. The maximum absolute atomic E-state index is 13.4. The molecule has 2 aromatic heterocycles. The molecule has 11 heteroatoms. The molecule has 0 saturated carbocycles. The summed E-state index contributed by atoms with van der Waals surface area (Å²) in [5.41, 5.74) is 15.2. The Morgan fingerprint density at radius 3 is 2.76 bits per heavy atom. The number of nitrogens with two attached hydrogens (primary N) is 2. The van der Waals surface area contributed by atoms with Crippen LogP contribution < -0.4 is 11.5 Å². The first-order chi connectivity index (χ1) is 20.2. The first-order valence-corrected chi connectivity index (χ1v) is 14.9. The van der Waals surface area contributed by atoms with E-state index >= 15 is 0 Å². The summed E-state index contributed by atoms with van der Waals surface area (Å²) in [6.45, 7) is 2.72. The van der Waals surface area contributed by atoms with E-state index in [0.717, 1.165) is 42.7 Å². The van der Waals surface area contributed by atoms with Gasteiger partial charge >= 0.3 is 0 Å². The second-order valence-corrected chi connectivity index (χ2v) is 11.6. The van der Waals surface area contributed by atoms with Gasteiger partial charge in [-0.2, -0.15) is 0 Å². The molecule has 9 nitrogen and oxygen atoms in total. The van der Waals surface area contributed by atoms with Crippen LogP contribution in [0.4, 0.5) is 0 Å². The molecule has 2 atom stereocenters. The Morgan fingerprint density at radius 2 is 2.00 bits per heavy atom. The van der Waals surface area contributed by atoms with Crippen molar-refractivity contribution >= 4 is 46.0 Å². The highest BCUT2D eigenvalue weighted by Crippen LogP contribution is 2.34. The van der Waals surface area contributed by atoms with Crippen molar-refractivity contribution < 1.29 is 18.7 Å². The van der Waals surface area contributed by atoms with Gasteiger partial charge in [-0.15, -0.1) is 0 Å². The lowest BCUT2D eigenvalue weighted by Crippen LogP contribution is -2.42. The molecule has 0 aliphatic carbocycles. The number of fused-ring (bicyclic) bond motifs is 1. The second kappa shape index (κ2) is 13.3. The Kier molecular flexibility index (Phi) is 9.53. The van der Waals surface area contributed by atoms with Crippen LogP contribution in [0.5, 0.6) is 0 Å². The maximum atomic E-state index is 13.4. The number of benzene rings is 2. The van der Waals surface area contributed by atoms with Gasteiger partial charge < -0.3 is 30.1 Å². The number of nitrogens with zero attached hydrogens (tertiary/aromatic N) is 3. The van der Waals surface area contributed by atoms with Crippen LogP contribution in [0, 0.1) is 0 Å². The number of hydrogen-bond acceptors (Lipinski definition) is 6. The number of methoxy groups -OCH3 is 1. The third-order valence-corrected chi connectivity index (χ3v) is 8.25. The molecule has 3 heterocycles. The lowest BCUT2D eigenvalue weighted by molar-refractivity contribution is -0.132. The zero-order valence-electron chi connectivity index (χ0n) is 23.5. The van der Waals surface area contributed by atoms with Crippen molar-refractivity contribution in [3.05, 3.63) is 75.7 Å². The molecule has 4 N–H and O–H groups in total. The van der Waals surface area contributed by atoms with Gasteiger partial charge in [-0.1, -0.05) is 35.3 Å². The normalized spacial score (nSPS) is 16.2. The van der Waals surface area contributed by atoms with Gasteiger partial charge in [0.25, 0.3) is 5.91 Å². The van der Waals surface area contributed by atoms with E-state index in [0.29, 0.717) is 46.6 Å². The zero-order valence-corrected chi connectivity index (χ0v) is 25.0. The minimum atomic E-state index is -0.716.